The topological polar surface area (TPSA) is 58.8 Å². The number of hydrogen-bond donors (Lipinski definition) is 2. The van der Waals surface area contributed by atoms with Crippen molar-refractivity contribution in [2.24, 2.45) is 16.3 Å². The van der Waals surface area contributed by atoms with Crippen LogP contribution in [0.5, 0.6) is 0 Å². The molecule has 4 rings (SSSR count). The van der Waals surface area contributed by atoms with Gasteiger partial charge in [0.15, 0.2) is 5.96 Å². The molecule has 1 aromatic heterocycles. The number of guanidine groups is 1. The highest BCUT2D eigenvalue weighted by Crippen LogP contribution is 2.62. The van der Waals surface area contributed by atoms with Gasteiger partial charge in [-0.3, -0.25) is 4.99 Å². The molecule has 1 aromatic rings. The van der Waals surface area contributed by atoms with Crippen molar-refractivity contribution >= 4 is 29.9 Å². The Kier molecular flexibility index (Phi) is 5.20. The van der Waals surface area contributed by atoms with E-state index in [1.807, 2.05) is 19.2 Å². The van der Waals surface area contributed by atoms with Crippen molar-refractivity contribution in [1.29, 1.82) is 0 Å². The number of furan rings is 1. The average molecular weight is 431 g/mol. The highest BCUT2D eigenvalue weighted by molar-refractivity contribution is 14.0. The molecule has 3 fully saturated rings. The molecule has 0 amide bonds. The van der Waals surface area contributed by atoms with Crippen molar-refractivity contribution in [2.45, 2.75) is 44.2 Å². The van der Waals surface area contributed by atoms with E-state index in [1.54, 1.807) is 6.26 Å². The summed E-state index contributed by atoms with van der Waals surface area (Å²) in [6.45, 7) is 1.76. The van der Waals surface area contributed by atoms with E-state index in [9.17, 15) is 0 Å². The zero-order valence-electron chi connectivity index (χ0n) is 13.6. The molecule has 1 spiro atoms. The minimum atomic E-state index is 0. The van der Waals surface area contributed by atoms with Crippen LogP contribution in [-0.4, -0.2) is 38.3 Å². The summed E-state index contributed by atoms with van der Waals surface area (Å²) in [6.07, 6.45) is 8.23. The zero-order chi connectivity index (χ0) is 15.0. The highest BCUT2D eigenvalue weighted by Gasteiger charge is 2.66. The Balaban J connectivity index is 0.00000156. The van der Waals surface area contributed by atoms with Crippen LogP contribution < -0.4 is 10.6 Å². The zero-order valence-corrected chi connectivity index (χ0v) is 15.9. The Hall–Kier alpha value is -0.760. The minimum Gasteiger partial charge on any atom is -0.469 e. The van der Waals surface area contributed by atoms with Gasteiger partial charge in [0.2, 0.25) is 0 Å². The van der Waals surface area contributed by atoms with Gasteiger partial charge in [-0.15, -0.1) is 24.0 Å². The van der Waals surface area contributed by atoms with Crippen molar-refractivity contribution in [2.75, 3.05) is 20.2 Å². The lowest BCUT2D eigenvalue weighted by Gasteiger charge is -2.63. The second-order valence-corrected chi connectivity index (χ2v) is 6.78. The Morgan fingerprint density at radius 1 is 1.43 bits per heavy atom. The van der Waals surface area contributed by atoms with Crippen LogP contribution in [0, 0.1) is 11.3 Å². The summed E-state index contributed by atoms with van der Waals surface area (Å²) in [7, 11) is 1.84. The number of ether oxygens (including phenoxy) is 1. The van der Waals surface area contributed by atoms with Gasteiger partial charge in [0.25, 0.3) is 0 Å². The maximum Gasteiger partial charge on any atom is 0.191 e. The number of hydrogen-bond acceptors (Lipinski definition) is 3. The van der Waals surface area contributed by atoms with Gasteiger partial charge < -0.3 is 19.8 Å². The molecule has 3 unspecified atom stereocenters. The van der Waals surface area contributed by atoms with E-state index in [-0.39, 0.29) is 24.0 Å². The van der Waals surface area contributed by atoms with Gasteiger partial charge in [0, 0.05) is 44.0 Å². The van der Waals surface area contributed by atoms with Crippen LogP contribution in [0.4, 0.5) is 0 Å². The predicted octanol–water partition coefficient (Wildman–Crippen LogP) is 2.56. The second kappa shape index (κ2) is 7.01. The third-order valence-corrected chi connectivity index (χ3v) is 5.80. The van der Waals surface area contributed by atoms with Crippen LogP contribution >= 0.6 is 24.0 Å². The summed E-state index contributed by atoms with van der Waals surface area (Å²) in [5, 5.41) is 7.09. The standard InChI is InChI=1S/C17H25N3O2.HI/c1-18-16(19-9-5-12-4-2-10-21-12)20-14-13-6-11-22-15(13)17(14)7-3-8-17;/h2,4,10,13-15H,3,5-9,11H2,1H3,(H2,18,19,20);1H. The molecule has 23 heavy (non-hydrogen) atoms. The lowest BCUT2D eigenvalue weighted by molar-refractivity contribution is -0.171. The van der Waals surface area contributed by atoms with Crippen LogP contribution in [0.25, 0.3) is 0 Å². The second-order valence-electron chi connectivity index (χ2n) is 6.78. The van der Waals surface area contributed by atoms with Gasteiger partial charge in [0.1, 0.15) is 5.76 Å². The quantitative estimate of drug-likeness (QED) is 0.437. The molecule has 1 saturated heterocycles. The van der Waals surface area contributed by atoms with Crippen molar-refractivity contribution in [3.63, 3.8) is 0 Å². The number of nitrogens with zero attached hydrogens (tertiary/aromatic N) is 1. The molecule has 128 valence electrons. The largest absolute Gasteiger partial charge is 0.469 e. The smallest absolute Gasteiger partial charge is 0.191 e. The fourth-order valence-corrected chi connectivity index (χ4v) is 4.56. The SMILES string of the molecule is CN=C(NCCc1ccco1)NC1C2CCOC2C12CCC2.I. The number of rotatable bonds is 4. The van der Waals surface area contributed by atoms with E-state index in [4.69, 9.17) is 9.15 Å². The third-order valence-electron chi connectivity index (χ3n) is 5.80. The Morgan fingerprint density at radius 2 is 2.30 bits per heavy atom. The van der Waals surface area contributed by atoms with Crippen molar-refractivity contribution < 1.29 is 9.15 Å². The molecule has 2 aliphatic carbocycles. The normalized spacial score (nSPS) is 30.8. The summed E-state index contributed by atoms with van der Waals surface area (Å²) in [4.78, 5) is 4.39. The predicted molar refractivity (Wildman–Crippen MR) is 100 cm³/mol. The van der Waals surface area contributed by atoms with Gasteiger partial charge in [-0.1, -0.05) is 6.42 Å². The average Bonchev–Trinajstić information content (AvgIpc) is 3.11. The molecule has 2 heterocycles. The number of halogens is 1. The van der Waals surface area contributed by atoms with Crippen molar-refractivity contribution in [1.82, 2.24) is 10.6 Å². The van der Waals surface area contributed by atoms with Gasteiger partial charge in [-0.2, -0.15) is 0 Å². The molecule has 3 aliphatic rings. The minimum absolute atomic E-state index is 0. The fraction of sp³-hybridized carbons (Fsp3) is 0.706. The Morgan fingerprint density at radius 3 is 2.96 bits per heavy atom. The first kappa shape index (κ1) is 17.1. The number of nitrogens with one attached hydrogen (secondary N) is 2. The Labute approximate surface area is 154 Å². The molecule has 3 atom stereocenters. The first-order valence-electron chi connectivity index (χ1n) is 8.45. The van der Waals surface area contributed by atoms with Crippen molar-refractivity contribution in [3.05, 3.63) is 24.2 Å². The summed E-state index contributed by atoms with van der Waals surface area (Å²) in [5.74, 6) is 2.59. The van der Waals surface area contributed by atoms with Crippen LogP contribution in [0.2, 0.25) is 0 Å². The Bertz CT molecular complexity index is 542. The fourth-order valence-electron chi connectivity index (χ4n) is 4.56. The van der Waals surface area contributed by atoms with Crippen LogP contribution in [-0.2, 0) is 11.2 Å². The molecule has 5 nitrogen and oxygen atoms in total. The first-order valence-corrected chi connectivity index (χ1v) is 8.45. The van der Waals surface area contributed by atoms with Gasteiger partial charge in [0.05, 0.1) is 12.4 Å². The molecule has 0 bridgehead atoms. The lowest BCUT2D eigenvalue weighted by atomic mass is 9.46. The van der Waals surface area contributed by atoms with E-state index >= 15 is 0 Å². The van der Waals surface area contributed by atoms with E-state index < -0.39 is 0 Å². The third kappa shape index (κ3) is 2.88. The molecular weight excluding hydrogens is 405 g/mol. The molecule has 0 aromatic carbocycles. The highest BCUT2D eigenvalue weighted by atomic mass is 127. The number of fused-ring (bicyclic) bond motifs is 2. The van der Waals surface area contributed by atoms with E-state index in [2.05, 4.69) is 15.6 Å². The van der Waals surface area contributed by atoms with Crippen LogP contribution in [0.15, 0.2) is 27.8 Å². The van der Waals surface area contributed by atoms with E-state index in [1.165, 1.54) is 25.7 Å². The molecule has 1 aliphatic heterocycles. The molecule has 0 radical (unpaired) electrons. The summed E-state index contributed by atoms with van der Waals surface area (Å²) < 4.78 is 11.3. The van der Waals surface area contributed by atoms with E-state index in [0.717, 1.165) is 31.3 Å². The van der Waals surface area contributed by atoms with Gasteiger partial charge in [-0.05, 0) is 31.4 Å². The maximum absolute atomic E-state index is 5.97. The van der Waals surface area contributed by atoms with Crippen molar-refractivity contribution in [3.8, 4) is 0 Å². The van der Waals surface area contributed by atoms with Crippen LogP contribution in [0.3, 0.4) is 0 Å². The van der Waals surface area contributed by atoms with Gasteiger partial charge >= 0.3 is 0 Å². The number of aliphatic imine (C=N–C) groups is 1. The summed E-state index contributed by atoms with van der Waals surface area (Å²) >= 11 is 0. The molecule has 2 saturated carbocycles. The monoisotopic (exact) mass is 431 g/mol. The molecule has 2 N–H and O–H groups in total. The summed E-state index contributed by atoms with van der Waals surface area (Å²) in [5.41, 5.74) is 0.389. The van der Waals surface area contributed by atoms with E-state index in [0.29, 0.717) is 23.5 Å². The summed E-state index contributed by atoms with van der Waals surface area (Å²) in [6, 6.07) is 4.47. The van der Waals surface area contributed by atoms with Gasteiger partial charge in [-0.25, -0.2) is 0 Å². The maximum atomic E-state index is 5.97. The molecular formula is C17H26IN3O2. The molecule has 6 heteroatoms. The van der Waals surface area contributed by atoms with Crippen LogP contribution in [0.1, 0.15) is 31.4 Å². The first-order chi connectivity index (χ1) is 10.8. The lowest BCUT2D eigenvalue weighted by Crippen LogP contribution is -2.72.